The van der Waals surface area contributed by atoms with Crippen LogP contribution in [0, 0.1) is 6.92 Å². The fraction of sp³-hybridized carbons (Fsp3) is 0.444. The number of methoxy groups -OCH3 is 1. The van der Waals surface area contributed by atoms with Gasteiger partial charge in [0.05, 0.1) is 37.7 Å². The molecule has 7 heteroatoms. The number of hydrogen-bond donors (Lipinski definition) is 2. The summed E-state index contributed by atoms with van der Waals surface area (Å²) < 4.78 is 12.6. The molecule has 1 aromatic carbocycles. The fourth-order valence-electron chi connectivity index (χ4n) is 2.56. The Balaban J connectivity index is 1.95. The summed E-state index contributed by atoms with van der Waals surface area (Å²) in [5.74, 6) is 1.34. The predicted molar refractivity (Wildman–Crippen MR) is 95.9 cm³/mol. The van der Waals surface area contributed by atoms with E-state index in [1.54, 1.807) is 11.8 Å². The highest BCUT2D eigenvalue weighted by atomic mass is 16.5. The van der Waals surface area contributed by atoms with Gasteiger partial charge in [-0.2, -0.15) is 5.10 Å². The zero-order valence-electron chi connectivity index (χ0n) is 15.4. The quantitative estimate of drug-likeness (QED) is 0.808. The van der Waals surface area contributed by atoms with Crippen molar-refractivity contribution in [2.45, 2.75) is 33.4 Å². The van der Waals surface area contributed by atoms with Crippen LogP contribution in [0.1, 0.15) is 36.8 Å². The molecule has 0 aliphatic heterocycles. The molecule has 0 aliphatic rings. The molecular formula is C18H26N4O3. The van der Waals surface area contributed by atoms with Crippen molar-refractivity contribution in [1.29, 1.82) is 0 Å². The molecule has 0 fully saturated rings. The normalized spacial score (nSPS) is 11.7. The standard InChI is InChI=1S/C18H26N4O3/c1-6-25-16-8-7-14(10-17(16)24-5)13(3)20-18(23)19-11-15-9-12(2)21-22(15)4/h7-10,13H,6,11H2,1-5H3,(H2,19,20,23)/t13-/m0/s1. The third-order valence-electron chi connectivity index (χ3n) is 3.86. The van der Waals surface area contributed by atoms with Crippen molar-refractivity contribution >= 4 is 6.03 Å². The third kappa shape index (κ3) is 4.89. The number of aryl methyl sites for hydroxylation is 2. The molecule has 1 aromatic heterocycles. The van der Waals surface area contributed by atoms with Gasteiger partial charge in [-0.1, -0.05) is 6.07 Å². The summed E-state index contributed by atoms with van der Waals surface area (Å²) >= 11 is 0. The van der Waals surface area contributed by atoms with Crippen LogP contribution in [0.2, 0.25) is 0 Å². The lowest BCUT2D eigenvalue weighted by Gasteiger charge is -2.17. The number of nitrogens with zero attached hydrogens (tertiary/aromatic N) is 2. The Bertz CT molecular complexity index is 727. The molecule has 0 unspecified atom stereocenters. The van der Waals surface area contributed by atoms with E-state index in [-0.39, 0.29) is 12.1 Å². The Morgan fingerprint density at radius 3 is 2.68 bits per heavy atom. The van der Waals surface area contributed by atoms with Crippen molar-refractivity contribution in [3.63, 3.8) is 0 Å². The molecular weight excluding hydrogens is 320 g/mol. The Labute approximate surface area is 148 Å². The number of aromatic nitrogens is 2. The summed E-state index contributed by atoms with van der Waals surface area (Å²) in [6.45, 7) is 6.75. The average Bonchev–Trinajstić information content (AvgIpc) is 2.91. The number of rotatable bonds is 7. The van der Waals surface area contributed by atoms with E-state index in [0.717, 1.165) is 17.0 Å². The van der Waals surface area contributed by atoms with Gasteiger partial charge in [-0.05, 0) is 44.5 Å². The second-order valence-electron chi connectivity index (χ2n) is 5.79. The van der Waals surface area contributed by atoms with Gasteiger partial charge >= 0.3 is 6.03 Å². The van der Waals surface area contributed by atoms with Crippen LogP contribution in [-0.4, -0.2) is 29.5 Å². The number of urea groups is 1. The molecule has 2 aromatic rings. The molecule has 2 N–H and O–H groups in total. The van der Waals surface area contributed by atoms with Crippen molar-refractivity contribution in [3.8, 4) is 11.5 Å². The predicted octanol–water partition coefficient (Wildman–Crippen LogP) is 2.70. The van der Waals surface area contributed by atoms with Gasteiger partial charge in [-0.25, -0.2) is 4.79 Å². The molecule has 1 atom stereocenters. The van der Waals surface area contributed by atoms with Crippen LogP contribution in [0.3, 0.4) is 0 Å². The van der Waals surface area contributed by atoms with Gasteiger partial charge in [0.1, 0.15) is 0 Å². The Hall–Kier alpha value is -2.70. The first-order chi connectivity index (χ1) is 11.9. The number of nitrogens with one attached hydrogen (secondary N) is 2. The molecule has 0 aliphatic carbocycles. The Morgan fingerprint density at radius 2 is 2.08 bits per heavy atom. The largest absolute Gasteiger partial charge is 0.493 e. The molecule has 0 spiro atoms. The first-order valence-corrected chi connectivity index (χ1v) is 8.29. The monoisotopic (exact) mass is 346 g/mol. The molecule has 0 bridgehead atoms. The van der Waals surface area contributed by atoms with Crippen LogP contribution in [-0.2, 0) is 13.6 Å². The van der Waals surface area contributed by atoms with Gasteiger partial charge in [0, 0.05) is 7.05 Å². The van der Waals surface area contributed by atoms with E-state index in [4.69, 9.17) is 9.47 Å². The minimum absolute atomic E-state index is 0.169. The summed E-state index contributed by atoms with van der Waals surface area (Å²) in [6, 6.07) is 7.19. The molecule has 0 saturated carbocycles. The number of carbonyl (C=O) groups excluding carboxylic acids is 1. The number of carbonyl (C=O) groups is 1. The van der Waals surface area contributed by atoms with Crippen LogP contribution < -0.4 is 20.1 Å². The van der Waals surface area contributed by atoms with Crippen LogP contribution in [0.15, 0.2) is 24.3 Å². The summed E-state index contributed by atoms with van der Waals surface area (Å²) in [7, 11) is 3.46. The van der Waals surface area contributed by atoms with Crippen molar-refractivity contribution in [2.24, 2.45) is 7.05 Å². The van der Waals surface area contributed by atoms with Gasteiger partial charge in [-0.15, -0.1) is 0 Å². The second kappa shape index (κ2) is 8.41. The van der Waals surface area contributed by atoms with Crippen LogP contribution >= 0.6 is 0 Å². The molecule has 0 radical (unpaired) electrons. The molecule has 136 valence electrons. The highest BCUT2D eigenvalue weighted by Gasteiger charge is 2.13. The highest BCUT2D eigenvalue weighted by molar-refractivity contribution is 5.74. The van der Waals surface area contributed by atoms with E-state index >= 15 is 0 Å². The van der Waals surface area contributed by atoms with Gasteiger partial charge in [0.25, 0.3) is 0 Å². The van der Waals surface area contributed by atoms with E-state index in [1.165, 1.54) is 0 Å². The van der Waals surface area contributed by atoms with Gasteiger partial charge < -0.3 is 20.1 Å². The van der Waals surface area contributed by atoms with Gasteiger partial charge in [-0.3, -0.25) is 4.68 Å². The van der Waals surface area contributed by atoms with E-state index in [0.29, 0.717) is 24.7 Å². The van der Waals surface area contributed by atoms with E-state index in [1.807, 2.05) is 52.1 Å². The minimum atomic E-state index is -0.237. The molecule has 0 saturated heterocycles. The SMILES string of the molecule is CCOc1ccc([C@H](C)NC(=O)NCc2cc(C)nn2C)cc1OC. The Morgan fingerprint density at radius 1 is 1.32 bits per heavy atom. The lowest BCUT2D eigenvalue weighted by Crippen LogP contribution is -2.37. The number of hydrogen-bond acceptors (Lipinski definition) is 4. The molecule has 1 heterocycles. The van der Waals surface area contributed by atoms with Crippen LogP contribution in [0.5, 0.6) is 11.5 Å². The molecule has 2 rings (SSSR count). The molecule has 2 amide bonds. The van der Waals surface area contributed by atoms with E-state index < -0.39 is 0 Å². The maximum Gasteiger partial charge on any atom is 0.315 e. The van der Waals surface area contributed by atoms with Crippen molar-refractivity contribution in [2.75, 3.05) is 13.7 Å². The van der Waals surface area contributed by atoms with Crippen LogP contribution in [0.25, 0.3) is 0 Å². The molecule has 25 heavy (non-hydrogen) atoms. The maximum atomic E-state index is 12.1. The summed E-state index contributed by atoms with van der Waals surface area (Å²) in [5.41, 5.74) is 2.81. The summed E-state index contributed by atoms with van der Waals surface area (Å²) in [4.78, 5) is 12.1. The first-order valence-electron chi connectivity index (χ1n) is 8.29. The lowest BCUT2D eigenvalue weighted by atomic mass is 10.1. The molecule has 7 nitrogen and oxygen atoms in total. The maximum absolute atomic E-state index is 12.1. The minimum Gasteiger partial charge on any atom is -0.493 e. The average molecular weight is 346 g/mol. The second-order valence-corrected chi connectivity index (χ2v) is 5.79. The van der Waals surface area contributed by atoms with Gasteiger partial charge in [0.2, 0.25) is 0 Å². The number of ether oxygens (including phenoxy) is 2. The fourth-order valence-corrected chi connectivity index (χ4v) is 2.56. The van der Waals surface area contributed by atoms with Gasteiger partial charge in [0.15, 0.2) is 11.5 Å². The highest BCUT2D eigenvalue weighted by Crippen LogP contribution is 2.30. The summed E-state index contributed by atoms with van der Waals surface area (Å²) in [6.07, 6.45) is 0. The van der Waals surface area contributed by atoms with Crippen LogP contribution in [0.4, 0.5) is 4.79 Å². The van der Waals surface area contributed by atoms with Crippen molar-refractivity contribution in [1.82, 2.24) is 20.4 Å². The van der Waals surface area contributed by atoms with Crippen molar-refractivity contribution < 1.29 is 14.3 Å². The zero-order valence-corrected chi connectivity index (χ0v) is 15.4. The van der Waals surface area contributed by atoms with E-state index in [9.17, 15) is 4.79 Å². The van der Waals surface area contributed by atoms with Crippen molar-refractivity contribution in [3.05, 3.63) is 41.2 Å². The Kier molecular flexibility index (Phi) is 6.27. The van der Waals surface area contributed by atoms with E-state index in [2.05, 4.69) is 15.7 Å². The zero-order chi connectivity index (χ0) is 18.4. The number of amides is 2. The third-order valence-corrected chi connectivity index (χ3v) is 3.86. The topological polar surface area (TPSA) is 77.4 Å². The smallest absolute Gasteiger partial charge is 0.315 e. The lowest BCUT2D eigenvalue weighted by molar-refractivity contribution is 0.237. The number of benzene rings is 1. The first kappa shape index (κ1) is 18.6. The summed E-state index contributed by atoms with van der Waals surface area (Å²) in [5, 5.41) is 10.0.